The number of hydrogen-bond acceptors (Lipinski definition) is 3. The van der Waals surface area contributed by atoms with Gasteiger partial charge in [-0.25, -0.2) is 8.42 Å². The van der Waals surface area contributed by atoms with E-state index in [2.05, 4.69) is 5.32 Å². The van der Waals surface area contributed by atoms with Crippen molar-refractivity contribution in [2.24, 2.45) is 0 Å². The Bertz CT molecular complexity index is 982. The van der Waals surface area contributed by atoms with Gasteiger partial charge in [0.05, 0.1) is 10.6 Å². The number of hydrogen-bond donors (Lipinski definition) is 1. The summed E-state index contributed by atoms with van der Waals surface area (Å²) in [6.07, 6.45) is 6.45. The van der Waals surface area contributed by atoms with Gasteiger partial charge in [-0.2, -0.15) is 0 Å². The summed E-state index contributed by atoms with van der Waals surface area (Å²) in [4.78, 5) is 13.0. The molecule has 1 saturated carbocycles. The van der Waals surface area contributed by atoms with Crippen LogP contribution in [0.15, 0.2) is 47.4 Å². The first-order valence-electron chi connectivity index (χ1n) is 10.4. The summed E-state index contributed by atoms with van der Waals surface area (Å²) in [6.45, 7) is 3.64. The molecule has 1 aliphatic rings. The van der Waals surface area contributed by atoms with Crippen LogP contribution in [0.2, 0.25) is 5.02 Å². The van der Waals surface area contributed by atoms with Crippen molar-refractivity contribution in [2.45, 2.75) is 63.3 Å². The number of rotatable bonds is 6. The molecule has 0 atom stereocenters. The molecule has 30 heavy (non-hydrogen) atoms. The summed E-state index contributed by atoms with van der Waals surface area (Å²) >= 11 is 5.93. The minimum atomic E-state index is -3.93. The summed E-state index contributed by atoms with van der Waals surface area (Å²) in [6, 6.07) is 11.6. The molecular formula is C23H29ClN2O3S. The molecule has 0 aromatic heterocycles. The van der Waals surface area contributed by atoms with Crippen LogP contribution in [0.4, 0.5) is 5.69 Å². The second kappa shape index (κ2) is 9.84. The number of benzene rings is 2. The van der Waals surface area contributed by atoms with Crippen molar-refractivity contribution in [1.82, 2.24) is 5.32 Å². The average molecular weight is 449 g/mol. The molecule has 3 rings (SSSR count). The molecule has 0 spiro atoms. The van der Waals surface area contributed by atoms with Gasteiger partial charge in [0.1, 0.15) is 6.54 Å². The molecule has 1 N–H and O–H groups in total. The Labute approximate surface area is 184 Å². The van der Waals surface area contributed by atoms with Crippen molar-refractivity contribution < 1.29 is 13.2 Å². The molecule has 2 aromatic carbocycles. The third-order valence-electron chi connectivity index (χ3n) is 5.69. The van der Waals surface area contributed by atoms with Crippen LogP contribution in [-0.2, 0) is 14.8 Å². The predicted molar refractivity (Wildman–Crippen MR) is 122 cm³/mol. The number of nitrogens with one attached hydrogen (secondary N) is 1. The molecule has 7 heteroatoms. The molecule has 162 valence electrons. The largest absolute Gasteiger partial charge is 0.352 e. The first-order chi connectivity index (χ1) is 14.3. The smallest absolute Gasteiger partial charge is 0.264 e. The minimum Gasteiger partial charge on any atom is -0.352 e. The molecule has 0 aliphatic heterocycles. The number of nitrogens with zero attached hydrogens (tertiary/aromatic N) is 1. The molecule has 0 unspecified atom stereocenters. The molecule has 1 aliphatic carbocycles. The average Bonchev–Trinajstić information content (AvgIpc) is 2.97. The van der Waals surface area contributed by atoms with Crippen molar-refractivity contribution in [3.05, 3.63) is 58.6 Å². The van der Waals surface area contributed by atoms with Gasteiger partial charge in [-0.15, -0.1) is 0 Å². The second-order valence-corrected chi connectivity index (χ2v) is 10.3. The lowest BCUT2D eigenvalue weighted by molar-refractivity contribution is -0.120. The SMILES string of the molecule is Cc1ccc(N(CC(=O)NC2CCCCCC2)S(=O)(=O)c2ccc(Cl)cc2)cc1C. The van der Waals surface area contributed by atoms with Gasteiger partial charge < -0.3 is 5.32 Å². The summed E-state index contributed by atoms with van der Waals surface area (Å²) in [7, 11) is -3.93. The van der Waals surface area contributed by atoms with E-state index in [1.807, 2.05) is 26.0 Å². The number of carbonyl (C=O) groups excluding carboxylic acids is 1. The normalized spacial score (nSPS) is 15.4. The molecule has 0 heterocycles. The van der Waals surface area contributed by atoms with Crippen molar-refractivity contribution in [3.8, 4) is 0 Å². The standard InChI is InChI=1S/C23H29ClN2O3S/c1-17-9-12-21(15-18(17)2)26(30(28,29)22-13-10-19(24)11-14-22)16-23(27)25-20-7-5-3-4-6-8-20/h9-15,20H,3-8,16H2,1-2H3,(H,25,27). The van der Waals surface area contributed by atoms with Crippen LogP contribution in [-0.4, -0.2) is 26.9 Å². The lowest BCUT2D eigenvalue weighted by Gasteiger charge is -2.26. The van der Waals surface area contributed by atoms with Gasteiger partial charge in [0, 0.05) is 11.1 Å². The fourth-order valence-electron chi connectivity index (χ4n) is 3.76. The van der Waals surface area contributed by atoms with Gasteiger partial charge in [-0.1, -0.05) is 43.4 Å². The monoisotopic (exact) mass is 448 g/mol. The van der Waals surface area contributed by atoms with Crippen LogP contribution in [0, 0.1) is 13.8 Å². The Morgan fingerprint density at radius 2 is 1.63 bits per heavy atom. The topological polar surface area (TPSA) is 66.5 Å². The van der Waals surface area contributed by atoms with Crippen LogP contribution >= 0.6 is 11.6 Å². The molecule has 2 aromatic rings. The highest BCUT2D eigenvalue weighted by Crippen LogP contribution is 2.26. The summed E-state index contributed by atoms with van der Waals surface area (Å²) < 4.78 is 28.0. The maximum absolute atomic E-state index is 13.4. The maximum Gasteiger partial charge on any atom is 0.264 e. The van der Waals surface area contributed by atoms with E-state index in [-0.39, 0.29) is 23.4 Å². The van der Waals surface area contributed by atoms with E-state index in [0.717, 1.165) is 36.8 Å². The van der Waals surface area contributed by atoms with Crippen LogP contribution < -0.4 is 9.62 Å². The Kier molecular flexibility index (Phi) is 7.42. The molecule has 0 bridgehead atoms. The minimum absolute atomic E-state index is 0.104. The number of amides is 1. The van der Waals surface area contributed by atoms with Crippen LogP contribution in [0.25, 0.3) is 0 Å². The number of sulfonamides is 1. The van der Waals surface area contributed by atoms with E-state index in [4.69, 9.17) is 11.6 Å². The van der Waals surface area contributed by atoms with Gasteiger partial charge in [0.2, 0.25) is 5.91 Å². The van der Waals surface area contributed by atoms with Gasteiger partial charge in [-0.3, -0.25) is 9.10 Å². The lowest BCUT2D eigenvalue weighted by Crippen LogP contribution is -2.44. The van der Waals surface area contributed by atoms with E-state index in [1.54, 1.807) is 18.2 Å². The van der Waals surface area contributed by atoms with E-state index >= 15 is 0 Å². The summed E-state index contributed by atoms with van der Waals surface area (Å²) in [5, 5.41) is 3.51. The second-order valence-electron chi connectivity index (χ2n) is 7.99. The number of halogens is 1. The Morgan fingerprint density at radius 1 is 1.00 bits per heavy atom. The van der Waals surface area contributed by atoms with Crippen molar-refractivity contribution in [1.29, 1.82) is 0 Å². The zero-order valence-electron chi connectivity index (χ0n) is 17.5. The van der Waals surface area contributed by atoms with E-state index in [0.29, 0.717) is 10.7 Å². The number of aryl methyl sites for hydroxylation is 2. The van der Waals surface area contributed by atoms with Gasteiger partial charge in [-0.05, 0) is 74.2 Å². The zero-order chi connectivity index (χ0) is 21.7. The van der Waals surface area contributed by atoms with Crippen molar-refractivity contribution in [3.63, 3.8) is 0 Å². The van der Waals surface area contributed by atoms with Gasteiger partial charge in [0.25, 0.3) is 10.0 Å². The quantitative estimate of drug-likeness (QED) is 0.633. The first-order valence-corrected chi connectivity index (χ1v) is 12.2. The van der Waals surface area contributed by atoms with E-state index < -0.39 is 10.0 Å². The highest BCUT2D eigenvalue weighted by molar-refractivity contribution is 7.92. The Morgan fingerprint density at radius 3 is 2.23 bits per heavy atom. The molecule has 1 fully saturated rings. The Balaban J connectivity index is 1.89. The highest BCUT2D eigenvalue weighted by atomic mass is 35.5. The lowest BCUT2D eigenvalue weighted by atomic mass is 10.1. The van der Waals surface area contributed by atoms with Gasteiger partial charge in [0.15, 0.2) is 0 Å². The van der Waals surface area contributed by atoms with Crippen LogP contribution in [0.1, 0.15) is 49.7 Å². The molecule has 0 radical (unpaired) electrons. The van der Waals surface area contributed by atoms with Gasteiger partial charge >= 0.3 is 0 Å². The first kappa shape index (κ1) is 22.6. The fourth-order valence-corrected chi connectivity index (χ4v) is 5.30. The maximum atomic E-state index is 13.4. The number of anilines is 1. The van der Waals surface area contributed by atoms with Crippen molar-refractivity contribution in [2.75, 3.05) is 10.8 Å². The van der Waals surface area contributed by atoms with E-state index in [9.17, 15) is 13.2 Å². The van der Waals surface area contributed by atoms with Crippen LogP contribution in [0.3, 0.4) is 0 Å². The van der Waals surface area contributed by atoms with Crippen LogP contribution in [0.5, 0.6) is 0 Å². The number of carbonyl (C=O) groups is 1. The predicted octanol–water partition coefficient (Wildman–Crippen LogP) is 4.99. The third-order valence-corrected chi connectivity index (χ3v) is 7.73. The molecular weight excluding hydrogens is 420 g/mol. The highest BCUT2D eigenvalue weighted by Gasteiger charge is 2.28. The Hall–Kier alpha value is -2.05. The van der Waals surface area contributed by atoms with E-state index in [1.165, 1.54) is 29.3 Å². The third kappa shape index (κ3) is 5.55. The molecule has 0 saturated heterocycles. The molecule has 1 amide bonds. The summed E-state index contributed by atoms with van der Waals surface area (Å²) in [5.74, 6) is -0.280. The summed E-state index contributed by atoms with van der Waals surface area (Å²) in [5.41, 5.74) is 2.50. The molecule has 5 nitrogen and oxygen atoms in total. The fraction of sp³-hybridized carbons (Fsp3) is 0.435. The van der Waals surface area contributed by atoms with Crippen molar-refractivity contribution >= 4 is 33.2 Å². The zero-order valence-corrected chi connectivity index (χ0v) is 19.1.